The molecule has 0 aliphatic carbocycles. The number of ether oxygens (including phenoxy) is 1. The zero-order valence-electron chi connectivity index (χ0n) is 13.6. The average molecular weight is 297 g/mol. The van der Waals surface area contributed by atoms with Gasteiger partial charge in [0, 0.05) is 5.69 Å². The summed E-state index contributed by atoms with van der Waals surface area (Å²) in [6, 6.07) is 13.8. The van der Waals surface area contributed by atoms with Crippen molar-refractivity contribution >= 4 is 11.6 Å². The summed E-state index contributed by atoms with van der Waals surface area (Å²) in [6.07, 6.45) is 0.329. The Morgan fingerprint density at radius 1 is 1.14 bits per heavy atom. The van der Waals surface area contributed by atoms with Gasteiger partial charge in [0.25, 0.3) is 5.91 Å². The van der Waals surface area contributed by atoms with Gasteiger partial charge in [0.15, 0.2) is 6.10 Å². The van der Waals surface area contributed by atoms with Crippen LogP contribution in [-0.2, 0) is 11.2 Å². The molecule has 0 aromatic heterocycles. The summed E-state index contributed by atoms with van der Waals surface area (Å²) in [5.41, 5.74) is 4.16. The summed E-state index contributed by atoms with van der Waals surface area (Å²) < 4.78 is 5.82. The number of benzene rings is 2. The number of anilines is 1. The molecule has 0 saturated heterocycles. The number of hydrogen-bond donors (Lipinski definition) is 1. The van der Waals surface area contributed by atoms with E-state index in [-0.39, 0.29) is 5.91 Å². The third-order valence-electron chi connectivity index (χ3n) is 3.52. The Kier molecular flexibility index (Phi) is 5.21. The fourth-order valence-corrected chi connectivity index (χ4v) is 2.45. The molecule has 0 spiro atoms. The molecular formula is C19H23NO2. The summed E-state index contributed by atoms with van der Waals surface area (Å²) in [6.45, 7) is 7.87. The Balaban J connectivity index is 2.06. The van der Waals surface area contributed by atoms with Crippen LogP contribution < -0.4 is 10.1 Å². The standard InChI is InChI=1S/C19H23NO2/c1-5-16-8-6-7-9-18(16)22-15(4)19(21)20-17-11-13(2)10-14(3)12-17/h6-12,15H,5H2,1-4H3,(H,20,21)/t15-/m0/s1. The monoisotopic (exact) mass is 297 g/mol. The van der Waals surface area contributed by atoms with Gasteiger partial charge in [-0.3, -0.25) is 4.79 Å². The zero-order valence-corrected chi connectivity index (χ0v) is 13.6. The van der Waals surface area contributed by atoms with Gasteiger partial charge in [-0.15, -0.1) is 0 Å². The van der Waals surface area contributed by atoms with Crippen LogP contribution in [0.1, 0.15) is 30.5 Å². The van der Waals surface area contributed by atoms with Crippen molar-refractivity contribution < 1.29 is 9.53 Å². The Labute approximate surface area is 132 Å². The first-order valence-electron chi connectivity index (χ1n) is 7.63. The molecule has 0 saturated carbocycles. The number of carbonyl (C=O) groups excluding carboxylic acids is 1. The predicted molar refractivity (Wildman–Crippen MR) is 90.5 cm³/mol. The molecule has 22 heavy (non-hydrogen) atoms. The quantitative estimate of drug-likeness (QED) is 0.895. The predicted octanol–water partition coefficient (Wildman–Crippen LogP) is 4.27. The highest BCUT2D eigenvalue weighted by Gasteiger charge is 2.16. The minimum absolute atomic E-state index is 0.143. The highest BCUT2D eigenvalue weighted by molar-refractivity contribution is 5.94. The first kappa shape index (κ1) is 16.1. The largest absolute Gasteiger partial charge is 0.481 e. The van der Waals surface area contributed by atoms with Crippen LogP contribution in [0.4, 0.5) is 5.69 Å². The van der Waals surface area contributed by atoms with Gasteiger partial charge in [0.05, 0.1) is 0 Å². The normalized spacial score (nSPS) is 11.8. The smallest absolute Gasteiger partial charge is 0.265 e. The van der Waals surface area contributed by atoms with Gasteiger partial charge in [-0.05, 0) is 62.1 Å². The van der Waals surface area contributed by atoms with Crippen molar-refractivity contribution in [1.29, 1.82) is 0 Å². The highest BCUT2D eigenvalue weighted by atomic mass is 16.5. The molecule has 1 N–H and O–H groups in total. The van der Waals surface area contributed by atoms with E-state index < -0.39 is 6.10 Å². The fraction of sp³-hybridized carbons (Fsp3) is 0.316. The Morgan fingerprint density at radius 2 is 1.77 bits per heavy atom. The van der Waals surface area contributed by atoms with E-state index in [1.807, 2.05) is 50.2 Å². The third kappa shape index (κ3) is 4.10. The lowest BCUT2D eigenvalue weighted by Crippen LogP contribution is -2.30. The van der Waals surface area contributed by atoms with Crippen LogP contribution in [0.5, 0.6) is 5.75 Å². The SMILES string of the molecule is CCc1ccccc1O[C@@H](C)C(=O)Nc1cc(C)cc(C)c1. The number of hydrogen-bond acceptors (Lipinski definition) is 2. The van der Waals surface area contributed by atoms with Gasteiger partial charge in [-0.2, -0.15) is 0 Å². The molecule has 2 rings (SSSR count). The van der Waals surface area contributed by atoms with Gasteiger partial charge in [-0.1, -0.05) is 31.2 Å². The van der Waals surface area contributed by atoms with Crippen molar-refractivity contribution in [3.63, 3.8) is 0 Å². The van der Waals surface area contributed by atoms with Crippen molar-refractivity contribution in [3.8, 4) is 5.75 Å². The van der Waals surface area contributed by atoms with E-state index in [0.29, 0.717) is 0 Å². The molecule has 1 atom stereocenters. The fourth-order valence-electron chi connectivity index (χ4n) is 2.45. The number of carbonyl (C=O) groups is 1. The molecule has 3 heteroatoms. The van der Waals surface area contributed by atoms with Crippen molar-refractivity contribution in [3.05, 3.63) is 59.2 Å². The number of aryl methyl sites for hydroxylation is 3. The van der Waals surface area contributed by atoms with Crippen molar-refractivity contribution in [2.75, 3.05) is 5.32 Å². The molecule has 0 radical (unpaired) electrons. The van der Waals surface area contributed by atoms with Crippen LogP contribution in [-0.4, -0.2) is 12.0 Å². The zero-order chi connectivity index (χ0) is 16.1. The second kappa shape index (κ2) is 7.12. The Bertz CT molecular complexity index is 644. The van der Waals surface area contributed by atoms with Gasteiger partial charge in [0.2, 0.25) is 0 Å². The summed E-state index contributed by atoms with van der Waals surface area (Å²) >= 11 is 0. The molecule has 0 aliphatic heterocycles. The highest BCUT2D eigenvalue weighted by Crippen LogP contribution is 2.20. The molecule has 2 aromatic rings. The lowest BCUT2D eigenvalue weighted by atomic mass is 10.1. The van der Waals surface area contributed by atoms with Gasteiger partial charge >= 0.3 is 0 Å². The van der Waals surface area contributed by atoms with Crippen LogP contribution in [0.3, 0.4) is 0 Å². The summed E-state index contributed by atoms with van der Waals surface area (Å²) in [7, 11) is 0. The van der Waals surface area contributed by atoms with E-state index >= 15 is 0 Å². The number of nitrogens with one attached hydrogen (secondary N) is 1. The topological polar surface area (TPSA) is 38.3 Å². The van der Waals surface area contributed by atoms with Crippen molar-refractivity contribution in [1.82, 2.24) is 0 Å². The van der Waals surface area contributed by atoms with E-state index in [2.05, 4.69) is 18.3 Å². The summed E-state index contributed by atoms with van der Waals surface area (Å²) in [5.74, 6) is 0.629. The maximum atomic E-state index is 12.3. The molecular weight excluding hydrogens is 274 g/mol. The first-order valence-corrected chi connectivity index (χ1v) is 7.63. The Hall–Kier alpha value is -2.29. The van der Waals surface area contributed by atoms with Gasteiger partial charge in [-0.25, -0.2) is 0 Å². The van der Waals surface area contributed by atoms with Crippen molar-refractivity contribution in [2.24, 2.45) is 0 Å². The number of amides is 1. The van der Waals surface area contributed by atoms with E-state index in [0.717, 1.165) is 34.5 Å². The molecule has 3 nitrogen and oxygen atoms in total. The lowest BCUT2D eigenvalue weighted by Gasteiger charge is -2.17. The lowest BCUT2D eigenvalue weighted by molar-refractivity contribution is -0.122. The summed E-state index contributed by atoms with van der Waals surface area (Å²) in [5, 5.41) is 2.92. The van der Waals surface area contributed by atoms with Gasteiger partial charge < -0.3 is 10.1 Å². The minimum Gasteiger partial charge on any atom is -0.481 e. The molecule has 0 unspecified atom stereocenters. The molecule has 0 bridgehead atoms. The van der Waals surface area contributed by atoms with E-state index in [9.17, 15) is 4.79 Å². The van der Waals surface area contributed by atoms with Crippen LogP contribution in [0.25, 0.3) is 0 Å². The van der Waals surface area contributed by atoms with E-state index in [1.165, 1.54) is 0 Å². The maximum absolute atomic E-state index is 12.3. The van der Waals surface area contributed by atoms with Crippen LogP contribution in [0, 0.1) is 13.8 Å². The van der Waals surface area contributed by atoms with E-state index in [4.69, 9.17) is 4.74 Å². The minimum atomic E-state index is -0.548. The van der Waals surface area contributed by atoms with Crippen molar-refractivity contribution in [2.45, 2.75) is 40.2 Å². The molecule has 2 aromatic carbocycles. The van der Waals surface area contributed by atoms with Crippen LogP contribution in [0.15, 0.2) is 42.5 Å². The van der Waals surface area contributed by atoms with Crippen LogP contribution in [0.2, 0.25) is 0 Å². The molecule has 1 amide bonds. The molecule has 0 fully saturated rings. The first-order chi connectivity index (χ1) is 10.5. The van der Waals surface area contributed by atoms with Crippen LogP contribution >= 0.6 is 0 Å². The number of rotatable bonds is 5. The van der Waals surface area contributed by atoms with E-state index in [1.54, 1.807) is 6.92 Å². The second-order valence-electron chi connectivity index (χ2n) is 5.59. The molecule has 0 aliphatic rings. The Morgan fingerprint density at radius 3 is 2.41 bits per heavy atom. The third-order valence-corrected chi connectivity index (χ3v) is 3.52. The number of para-hydroxylation sites is 1. The average Bonchev–Trinajstić information content (AvgIpc) is 2.46. The maximum Gasteiger partial charge on any atom is 0.265 e. The van der Waals surface area contributed by atoms with Gasteiger partial charge in [0.1, 0.15) is 5.75 Å². The second-order valence-corrected chi connectivity index (χ2v) is 5.59. The summed E-state index contributed by atoms with van der Waals surface area (Å²) in [4.78, 5) is 12.3. The molecule has 0 heterocycles. The molecule has 116 valence electrons.